The first-order valence-electron chi connectivity index (χ1n) is 10.2. The molecule has 186 valence electrons. The Morgan fingerprint density at radius 3 is 2.68 bits per heavy atom. The van der Waals surface area contributed by atoms with Crippen LogP contribution in [0, 0.1) is 0 Å². The van der Waals surface area contributed by atoms with E-state index < -0.39 is 17.8 Å². The van der Waals surface area contributed by atoms with Crippen LogP contribution in [-0.4, -0.2) is 55.4 Å². The predicted molar refractivity (Wildman–Crippen MR) is 141 cm³/mol. The molecule has 1 amide bonds. The molecule has 0 saturated heterocycles. The summed E-state index contributed by atoms with van der Waals surface area (Å²) in [5.41, 5.74) is 6.53. The fraction of sp³-hybridized carbons (Fsp3) is 0.429. The van der Waals surface area contributed by atoms with Gasteiger partial charge in [0.25, 0.3) is 5.91 Å². The van der Waals surface area contributed by atoms with E-state index in [1.807, 2.05) is 12.1 Å². The minimum Gasteiger partial charge on any atom is -0.495 e. The maximum Gasteiger partial charge on any atom is 0.311 e. The molecule has 2 aliphatic heterocycles. The number of amides is 1. The number of oxime groups is 1. The number of methoxy groups -OCH3 is 1. The normalized spacial score (nSPS) is 21.9. The minimum atomic E-state index is -1.58. The van der Waals surface area contributed by atoms with Gasteiger partial charge in [-0.2, -0.15) is 0 Å². The lowest BCUT2D eigenvalue weighted by atomic mass is 10.0. The van der Waals surface area contributed by atoms with Gasteiger partial charge >= 0.3 is 5.79 Å². The van der Waals surface area contributed by atoms with E-state index in [4.69, 9.17) is 24.8 Å². The summed E-state index contributed by atoms with van der Waals surface area (Å²) in [5.74, 6) is -0.974. The van der Waals surface area contributed by atoms with Gasteiger partial charge in [0.2, 0.25) is 0 Å². The van der Waals surface area contributed by atoms with E-state index in [1.54, 1.807) is 0 Å². The van der Waals surface area contributed by atoms with Gasteiger partial charge in [-0.25, -0.2) is 0 Å². The third kappa shape index (κ3) is 6.16. The van der Waals surface area contributed by atoms with Gasteiger partial charge < -0.3 is 35.2 Å². The molecule has 2 atom stereocenters. The Morgan fingerprint density at radius 1 is 1.32 bits per heavy atom. The molecule has 0 saturated carbocycles. The van der Waals surface area contributed by atoms with Crippen molar-refractivity contribution in [1.82, 2.24) is 5.32 Å². The molecule has 0 aliphatic carbocycles. The Balaban J connectivity index is 1.51. The van der Waals surface area contributed by atoms with Crippen molar-refractivity contribution in [2.75, 3.05) is 26.8 Å². The maximum absolute atomic E-state index is 12.6. The van der Waals surface area contributed by atoms with Gasteiger partial charge in [-0.1, -0.05) is 21.1 Å². The number of rotatable bonds is 9. The first-order valence-corrected chi connectivity index (χ1v) is 13.4. The first kappa shape index (κ1) is 27.5. The van der Waals surface area contributed by atoms with Crippen LogP contribution >= 0.6 is 63.7 Å². The number of ether oxygens (including phenoxy) is 3. The smallest absolute Gasteiger partial charge is 0.311 e. The van der Waals surface area contributed by atoms with E-state index in [0.717, 1.165) is 20.9 Å². The lowest BCUT2D eigenvalue weighted by Gasteiger charge is -2.27. The van der Waals surface area contributed by atoms with Crippen LogP contribution in [0.25, 0.3) is 0 Å². The zero-order valence-corrected chi connectivity index (χ0v) is 24.4. The molecule has 2 heterocycles. The van der Waals surface area contributed by atoms with Gasteiger partial charge in [0, 0.05) is 11.0 Å². The molecule has 1 spiro atoms. The van der Waals surface area contributed by atoms with Crippen molar-refractivity contribution < 1.29 is 28.9 Å². The number of nitrogens with two attached hydrogens (primary N) is 1. The Kier molecular flexibility index (Phi) is 9.87. The number of halogens is 4. The van der Waals surface area contributed by atoms with Crippen molar-refractivity contribution in [1.29, 1.82) is 0 Å². The van der Waals surface area contributed by atoms with E-state index in [1.165, 1.54) is 13.4 Å². The highest BCUT2D eigenvalue weighted by Gasteiger charge is 2.54. The molecule has 0 radical (unpaired) electrons. The highest BCUT2D eigenvalue weighted by Crippen LogP contribution is 2.41. The molecular weight excluding hydrogens is 710 g/mol. The molecule has 0 bridgehead atoms. The van der Waals surface area contributed by atoms with Crippen LogP contribution in [0.2, 0.25) is 0 Å². The van der Waals surface area contributed by atoms with Crippen LogP contribution in [0.3, 0.4) is 0 Å². The number of carbonyl (C=O) groups excluding carboxylic acids is 1. The second-order valence-corrected chi connectivity index (χ2v) is 10.9. The summed E-state index contributed by atoms with van der Waals surface area (Å²) < 4.78 is 19.5. The molecule has 4 N–H and O–H groups in total. The van der Waals surface area contributed by atoms with Gasteiger partial charge in [-0.15, -0.1) is 0 Å². The van der Waals surface area contributed by atoms with Crippen LogP contribution in [-0.2, 0) is 25.5 Å². The van der Waals surface area contributed by atoms with Gasteiger partial charge in [-0.3, -0.25) is 4.79 Å². The first-order chi connectivity index (χ1) is 16.2. The molecule has 1 aromatic rings. The number of nitrogens with one attached hydrogen (secondary N) is 1. The predicted octanol–water partition coefficient (Wildman–Crippen LogP) is 3.95. The SMILES string of the molecule is COC1=C(Br)C[C@@]2(OC=C1Br)ON=C(C(=O)NCCCOc1c(Br)cc(CCN)cc1Br)[C@@H]2O. The highest BCUT2D eigenvalue weighted by molar-refractivity contribution is 9.12. The lowest BCUT2D eigenvalue weighted by Crippen LogP contribution is -2.49. The van der Waals surface area contributed by atoms with Crippen LogP contribution in [0.4, 0.5) is 0 Å². The summed E-state index contributed by atoms with van der Waals surface area (Å²) in [7, 11) is 1.50. The molecule has 13 heteroatoms. The minimum absolute atomic E-state index is 0.0743. The molecule has 1 aromatic carbocycles. The van der Waals surface area contributed by atoms with Crippen molar-refractivity contribution in [3.8, 4) is 5.75 Å². The number of allylic oxidation sites excluding steroid dienone is 1. The molecular formula is C21H23Br4N3O6. The largest absolute Gasteiger partial charge is 0.495 e. The number of hydrogen-bond donors (Lipinski definition) is 3. The van der Waals surface area contributed by atoms with Gasteiger partial charge in [0.15, 0.2) is 11.8 Å². The summed E-state index contributed by atoms with van der Waals surface area (Å²) in [6.07, 6.45) is 1.29. The molecule has 9 nitrogen and oxygen atoms in total. The molecule has 0 fully saturated rings. The summed E-state index contributed by atoms with van der Waals surface area (Å²) in [5, 5.41) is 17.3. The number of nitrogens with zero attached hydrogens (tertiary/aromatic N) is 1. The molecule has 0 aromatic heterocycles. The van der Waals surface area contributed by atoms with Gasteiger partial charge in [0.1, 0.15) is 17.8 Å². The molecule has 0 unspecified atom stereocenters. The number of hydrogen-bond acceptors (Lipinski definition) is 8. The Labute approximate surface area is 230 Å². The van der Waals surface area contributed by atoms with Crippen LogP contribution < -0.4 is 15.8 Å². The monoisotopic (exact) mass is 729 g/mol. The van der Waals surface area contributed by atoms with E-state index in [2.05, 4.69) is 74.2 Å². The second kappa shape index (κ2) is 12.2. The number of carbonyl (C=O) groups is 1. The molecule has 3 rings (SSSR count). The summed E-state index contributed by atoms with van der Waals surface area (Å²) in [4.78, 5) is 18.0. The van der Waals surface area contributed by atoms with Gasteiger partial charge in [-0.05, 0) is 84.9 Å². The van der Waals surface area contributed by atoms with Crippen LogP contribution in [0.5, 0.6) is 5.75 Å². The summed E-state index contributed by atoms with van der Waals surface area (Å²) >= 11 is 13.8. The Bertz CT molecular complexity index is 1010. The fourth-order valence-corrected chi connectivity index (χ4v) is 6.33. The van der Waals surface area contributed by atoms with Crippen molar-refractivity contribution in [2.45, 2.75) is 31.2 Å². The maximum atomic E-state index is 12.6. The third-order valence-electron chi connectivity index (χ3n) is 4.98. The average molecular weight is 733 g/mol. The Morgan fingerprint density at radius 2 is 2.03 bits per heavy atom. The molecule has 2 aliphatic rings. The number of benzene rings is 1. The van der Waals surface area contributed by atoms with Crippen LogP contribution in [0.1, 0.15) is 18.4 Å². The topological polar surface area (TPSA) is 125 Å². The van der Waals surface area contributed by atoms with Gasteiger partial charge in [0.05, 0.1) is 33.6 Å². The Hall–Kier alpha value is -1.12. The van der Waals surface area contributed by atoms with Crippen LogP contribution in [0.15, 0.2) is 47.2 Å². The van der Waals surface area contributed by atoms with Crippen molar-refractivity contribution >= 4 is 75.3 Å². The standard InChI is InChI=1S/C21H23Br4N3O6/c1-31-17-14(24)9-21(33-10-15(17)25)19(29)16(28-34-21)20(30)27-5-2-6-32-18-12(22)7-11(3-4-26)8-13(18)23/h7-8,10,19,29H,2-6,9,26H2,1H3,(H,27,30)/t19-,21+/m0/s1. The lowest BCUT2D eigenvalue weighted by molar-refractivity contribution is -0.225. The van der Waals surface area contributed by atoms with E-state index >= 15 is 0 Å². The zero-order valence-electron chi connectivity index (χ0n) is 18.1. The van der Waals surface area contributed by atoms with E-state index in [9.17, 15) is 9.90 Å². The molecule has 34 heavy (non-hydrogen) atoms. The number of aliphatic hydroxyl groups excluding tert-OH is 1. The van der Waals surface area contributed by atoms with Crippen molar-refractivity contribution in [3.05, 3.63) is 47.6 Å². The summed E-state index contributed by atoms with van der Waals surface area (Å²) in [6, 6.07) is 3.94. The zero-order chi connectivity index (χ0) is 24.9. The van der Waals surface area contributed by atoms with Crippen molar-refractivity contribution in [3.63, 3.8) is 0 Å². The number of aliphatic hydroxyl groups is 1. The second-order valence-electron chi connectivity index (χ2n) is 7.37. The average Bonchev–Trinajstić information content (AvgIpc) is 3.03. The fourth-order valence-electron chi connectivity index (χ4n) is 3.30. The van der Waals surface area contributed by atoms with E-state index in [0.29, 0.717) is 46.6 Å². The third-order valence-corrected chi connectivity index (χ3v) is 7.35. The quantitative estimate of drug-likeness (QED) is 0.329. The summed E-state index contributed by atoms with van der Waals surface area (Å²) in [6.45, 7) is 1.23. The highest BCUT2D eigenvalue weighted by atomic mass is 79.9. The van der Waals surface area contributed by atoms with Crippen molar-refractivity contribution in [2.24, 2.45) is 10.9 Å². The van der Waals surface area contributed by atoms with E-state index in [-0.39, 0.29) is 12.1 Å².